The first-order valence-electron chi connectivity index (χ1n) is 4.35. The van der Waals surface area contributed by atoms with Gasteiger partial charge in [-0.2, -0.15) is 0 Å². The van der Waals surface area contributed by atoms with Crippen molar-refractivity contribution >= 4 is 16.8 Å². The summed E-state index contributed by atoms with van der Waals surface area (Å²) in [5.74, 6) is -0.881. The van der Waals surface area contributed by atoms with E-state index in [1.54, 1.807) is 6.07 Å². The number of benzene rings is 1. The molecule has 0 heterocycles. The van der Waals surface area contributed by atoms with Crippen molar-refractivity contribution in [1.29, 1.82) is 0 Å². The van der Waals surface area contributed by atoms with Crippen LogP contribution in [0.15, 0.2) is 29.2 Å². The van der Waals surface area contributed by atoms with Gasteiger partial charge in [-0.3, -0.25) is 9.00 Å². The molecule has 0 spiro atoms. The summed E-state index contributed by atoms with van der Waals surface area (Å²) in [6.45, 7) is 0. The number of hydrogen-bond donors (Lipinski definition) is 0. The Morgan fingerprint density at radius 3 is 2.73 bits per heavy atom. The highest BCUT2D eigenvalue weighted by atomic mass is 32.2. The van der Waals surface area contributed by atoms with Gasteiger partial charge in [-0.25, -0.2) is 4.39 Å². The minimum atomic E-state index is -1.49. The van der Waals surface area contributed by atoms with E-state index < -0.39 is 22.6 Å². The van der Waals surface area contributed by atoms with Gasteiger partial charge < -0.3 is 4.74 Å². The second-order valence-corrected chi connectivity index (χ2v) is 4.35. The first kappa shape index (κ1) is 11.8. The lowest BCUT2D eigenvalue weighted by Gasteiger charge is -2.02. The molecule has 3 nitrogen and oxygen atoms in total. The molecule has 82 valence electrons. The van der Waals surface area contributed by atoms with Crippen LogP contribution in [0.3, 0.4) is 0 Å². The molecule has 0 saturated heterocycles. The van der Waals surface area contributed by atoms with E-state index in [0.29, 0.717) is 0 Å². The maximum absolute atomic E-state index is 13.1. The van der Waals surface area contributed by atoms with Crippen LogP contribution in [0.2, 0.25) is 0 Å². The van der Waals surface area contributed by atoms with Crippen LogP contribution in [-0.2, 0) is 20.3 Å². The summed E-state index contributed by atoms with van der Waals surface area (Å²) in [6, 6.07) is 5.82. The molecule has 0 aliphatic rings. The molecule has 0 aromatic heterocycles. The molecular formula is C10H11FO3S. The highest BCUT2D eigenvalue weighted by Crippen LogP contribution is 2.12. The fourth-order valence-electron chi connectivity index (χ4n) is 1.02. The van der Waals surface area contributed by atoms with E-state index in [1.807, 2.05) is 0 Å². The van der Waals surface area contributed by atoms with Gasteiger partial charge in [0.1, 0.15) is 5.82 Å². The zero-order valence-corrected chi connectivity index (χ0v) is 9.05. The average Bonchev–Trinajstić information content (AvgIpc) is 2.26. The highest BCUT2D eigenvalue weighted by molar-refractivity contribution is 7.85. The van der Waals surface area contributed by atoms with Crippen LogP contribution in [0.5, 0.6) is 0 Å². The molecule has 0 radical (unpaired) electrons. The lowest BCUT2D eigenvalue weighted by molar-refractivity contribution is -0.140. The maximum Gasteiger partial charge on any atom is 0.306 e. The van der Waals surface area contributed by atoms with E-state index in [0.717, 1.165) is 0 Å². The van der Waals surface area contributed by atoms with Crippen molar-refractivity contribution in [1.82, 2.24) is 0 Å². The van der Waals surface area contributed by atoms with Crippen molar-refractivity contribution in [3.8, 4) is 0 Å². The van der Waals surface area contributed by atoms with Crippen molar-refractivity contribution < 1.29 is 18.1 Å². The Morgan fingerprint density at radius 1 is 1.47 bits per heavy atom. The summed E-state index contributed by atoms with van der Waals surface area (Å²) in [4.78, 5) is 10.9. The van der Waals surface area contributed by atoms with Gasteiger partial charge in [0.2, 0.25) is 0 Å². The molecule has 0 aliphatic carbocycles. The molecule has 1 aromatic rings. The molecule has 0 amide bonds. The Kier molecular flexibility index (Phi) is 4.42. The van der Waals surface area contributed by atoms with E-state index >= 15 is 0 Å². The monoisotopic (exact) mass is 230 g/mol. The fraction of sp³-hybridized carbons (Fsp3) is 0.300. The van der Waals surface area contributed by atoms with Crippen LogP contribution in [0, 0.1) is 5.82 Å². The van der Waals surface area contributed by atoms with Crippen molar-refractivity contribution in [3.05, 3.63) is 30.1 Å². The normalized spacial score (nSPS) is 12.1. The molecule has 1 aromatic carbocycles. The quantitative estimate of drug-likeness (QED) is 0.736. The Hall–Kier alpha value is -1.23. The predicted octanol–water partition coefficient (Wildman–Crippen LogP) is 1.50. The Balaban J connectivity index is 2.62. The molecule has 15 heavy (non-hydrogen) atoms. The maximum atomic E-state index is 13.1. The summed E-state index contributed by atoms with van der Waals surface area (Å²) in [5, 5.41) is 0. The third-order valence-electron chi connectivity index (χ3n) is 1.80. The highest BCUT2D eigenvalue weighted by Gasteiger charge is 2.11. The van der Waals surface area contributed by atoms with E-state index in [9.17, 15) is 13.4 Å². The number of rotatable bonds is 4. The fourth-order valence-corrected chi connectivity index (χ4v) is 2.11. The second-order valence-electron chi connectivity index (χ2n) is 2.81. The van der Waals surface area contributed by atoms with Gasteiger partial charge in [0.25, 0.3) is 0 Å². The first-order valence-corrected chi connectivity index (χ1v) is 5.66. The molecule has 1 unspecified atom stereocenters. The number of carbonyl (C=O) groups is 1. The molecule has 0 saturated carbocycles. The molecule has 0 fully saturated rings. The number of hydrogen-bond acceptors (Lipinski definition) is 3. The van der Waals surface area contributed by atoms with Gasteiger partial charge in [0.05, 0.1) is 29.2 Å². The van der Waals surface area contributed by atoms with E-state index in [1.165, 1.54) is 25.3 Å². The predicted molar refractivity (Wildman–Crippen MR) is 54.3 cm³/mol. The molecular weight excluding hydrogens is 219 g/mol. The number of halogens is 1. The number of carbonyl (C=O) groups excluding carboxylic acids is 1. The first-order chi connectivity index (χ1) is 7.15. The molecule has 1 atom stereocenters. The Morgan fingerprint density at radius 2 is 2.13 bits per heavy atom. The van der Waals surface area contributed by atoms with Gasteiger partial charge in [-0.15, -0.1) is 0 Å². The van der Waals surface area contributed by atoms with Crippen molar-refractivity contribution in [2.24, 2.45) is 0 Å². The van der Waals surface area contributed by atoms with Crippen molar-refractivity contribution in [3.63, 3.8) is 0 Å². The van der Waals surface area contributed by atoms with E-state index in [-0.39, 0.29) is 17.1 Å². The molecule has 0 bridgehead atoms. The van der Waals surface area contributed by atoms with Crippen LogP contribution in [0.25, 0.3) is 0 Å². The number of ether oxygens (including phenoxy) is 1. The Bertz CT molecular complexity index is 379. The third kappa shape index (κ3) is 3.43. The number of methoxy groups -OCH3 is 1. The van der Waals surface area contributed by atoms with Crippen LogP contribution in [0.1, 0.15) is 6.42 Å². The topological polar surface area (TPSA) is 43.4 Å². The van der Waals surface area contributed by atoms with Crippen LogP contribution in [0.4, 0.5) is 4.39 Å². The van der Waals surface area contributed by atoms with Crippen LogP contribution >= 0.6 is 0 Å². The summed E-state index contributed by atoms with van der Waals surface area (Å²) in [7, 11) is -0.235. The number of esters is 1. The zero-order chi connectivity index (χ0) is 11.3. The molecule has 1 rings (SSSR count). The van der Waals surface area contributed by atoms with Gasteiger partial charge in [-0.05, 0) is 12.1 Å². The lowest BCUT2D eigenvalue weighted by atomic mass is 10.3. The van der Waals surface area contributed by atoms with Crippen LogP contribution < -0.4 is 0 Å². The van der Waals surface area contributed by atoms with Crippen molar-refractivity contribution in [2.75, 3.05) is 12.9 Å². The van der Waals surface area contributed by atoms with Gasteiger partial charge >= 0.3 is 5.97 Å². The second kappa shape index (κ2) is 5.60. The minimum Gasteiger partial charge on any atom is -0.469 e. The largest absolute Gasteiger partial charge is 0.469 e. The molecule has 0 N–H and O–H groups in total. The summed E-state index contributed by atoms with van der Waals surface area (Å²) < 4.78 is 29.1. The summed E-state index contributed by atoms with van der Waals surface area (Å²) >= 11 is 0. The smallest absolute Gasteiger partial charge is 0.306 e. The van der Waals surface area contributed by atoms with Gasteiger partial charge in [0.15, 0.2) is 0 Å². The van der Waals surface area contributed by atoms with Crippen LogP contribution in [-0.4, -0.2) is 23.0 Å². The SMILES string of the molecule is COC(=O)CCS(=O)c1ccccc1F. The Labute approximate surface area is 89.7 Å². The lowest BCUT2D eigenvalue weighted by Crippen LogP contribution is -2.08. The van der Waals surface area contributed by atoms with Gasteiger partial charge in [0, 0.05) is 5.75 Å². The molecule has 5 heteroatoms. The summed E-state index contributed by atoms with van der Waals surface area (Å²) in [6.07, 6.45) is 0.0252. The zero-order valence-electron chi connectivity index (χ0n) is 8.23. The molecule has 0 aliphatic heterocycles. The average molecular weight is 230 g/mol. The summed E-state index contributed by atoms with van der Waals surface area (Å²) in [5.41, 5.74) is 0. The standard InChI is InChI=1S/C10H11FO3S/c1-14-10(12)6-7-15(13)9-5-3-2-4-8(9)11/h2-5H,6-7H2,1H3. The van der Waals surface area contributed by atoms with Gasteiger partial charge in [-0.1, -0.05) is 12.1 Å². The van der Waals surface area contributed by atoms with Crippen molar-refractivity contribution in [2.45, 2.75) is 11.3 Å². The third-order valence-corrected chi connectivity index (χ3v) is 3.20. The minimum absolute atomic E-state index is 0.0252. The van der Waals surface area contributed by atoms with E-state index in [4.69, 9.17) is 0 Å². The van der Waals surface area contributed by atoms with E-state index in [2.05, 4.69) is 4.74 Å².